The second-order valence-electron chi connectivity index (χ2n) is 6.29. The number of aromatic hydroxyl groups is 2. The van der Waals surface area contributed by atoms with Crippen LogP contribution in [0.3, 0.4) is 0 Å². The number of rotatable bonds is 9. The van der Waals surface area contributed by atoms with Gasteiger partial charge in [-0.15, -0.1) is 0 Å². The second-order valence-corrected chi connectivity index (χ2v) is 6.66. The first-order valence-corrected chi connectivity index (χ1v) is 8.85. The zero-order chi connectivity index (χ0) is 19.0. The van der Waals surface area contributed by atoms with Gasteiger partial charge in [-0.25, -0.2) is 0 Å². The third kappa shape index (κ3) is 6.46. The van der Waals surface area contributed by atoms with Crippen molar-refractivity contribution >= 4 is 17.4 Å². The summed E-state index contributed by atoms with van der Waals surface area (Å²) >= 11 is 5.84. The van der Waals surface area contributed by atoms with E-state index in [1.54, 1.807) is 0 Å². The van der Waals surface area contributed by atoms with E-state index in [1.165, 1.54) is 17.2 Å². The van der Waals surface area contributed by atoms with Crippen molar-refractivity contribution in [3.63, 3.8) is 0 Å². The Morgan fingerprint density at radius 2 is 1.88 bits per heavy atom. The zero-order valence-corrected chi connectivity index (χ0v) is 16.1. The third-order valence-electron chi connectivity index (χ3n) is 3.70. The monoisotopic (exact) mass is 366 g/mol. The number of ether oxygens (including phenoxy) is 1. The molecule has 0 saturated heterocycles. The maximum absolute atomic E-state index is 12.2. The van der Waals surface area contributed by atoms with E-state index in [4.69, 9.17) is 16.3 Å². The molecule has 0 bridgehead atoms. The van der Waals surface area contributed by atoms with Crippen LogP contribution < -0.4 is 4.74 Å². The number of hydrogen-bond donors (Lipinski definition) is 2. The number of carbonyl (C=O) groups excluding carboxylic acids is 1. The third-order valence-corrected chi connectivity index (χ3v) is 4.07. The summed E-state index contributed by atoms with van der Waals surface area (Å²) in [6, 6.07) is 1.28. The zero-order valence-electron chi connectivity index (χ0n) is 15.4. The van der Waals surface area contributed by atoms with Crippen molar-refractivity contribution in [2.75, 3.05) is 6.61 Å². The summed E-state index contributed by atoms with van der Waals surface area (Å²) in [5.41, 5.74) is 2.48. The molecule has 1 rings (SSSR count). The maximum Gasteiger partial charge on any atom is 0.170 e. The molecule has 0 radical (unpaired) electrons. The minimum Gasteiger partial charge on any atom is -0.506 e. The fourth-order valence-corrected chi connectivity index (χ4v) is 2.46. The van der Waals surface area contributed by atoms with Crippen LogP contribution in [0, 0.1) is 0 Å². The maximum atomic E-state index is 12.2. The number of Topliss-reactive ketones (excluding diaryl/α,β-unsaturated/α-hetero) is 1. The highest BCUT2D eigenvalue weighted by Crippen LogP contribution is 2.42. The van der Waals surface area contributed by atoms with Gasteiger partial charge in [0.2, 0.25) is 0 Å². The lowest BCUT2D eigenvalue weighted by Crippen LogP contribution is -2.05. The lowest BCUT2D eigenvalue weighted by atomic mass is 10.0. The van der Waals surface area contributed by atoms with Gasteiger partial charge < -0.3 is 14.9 Å². The molecule has 1 aromatic rings. The van der Waals surface area contributed by atoms with E-state index in [-0.39, 0.29) is 40.9 Å². The smallest absolute Gasteiger partial charge is 0.170 e. The Bertz CT molecular complexity index is 671. The lowest BCUT2D eigenvalue weighted by Gasteiger charge is -2.13. The minimum atomic E-state index is -0.431. The lowest BCUT2D eigenvalue weighted by molar-refractivity contribution is 0.0975. The van der Waals surface area contributed by atoms with Crippen LogP contribution >= 0.6 is 11.6 Å². The molecule has 5 heteroatoms. The molecule has 1 aromatic carbocycles. The van der Waals surface area contributed by atoms with Crippen molar-refractivity contribution in [2.45, 2.75) is 53.4 Å². The predicted molar refractivity (Wildman–Crippen MR) is 102 cm³/mol. The van der Waals surface area contributed by atoms with Crippen molar-refractivity contribution in [3.05, 3.63) is 40.0 Å². The molecule has 2 N–H and O–H groups in total. The molecule has 0 heterocycles. The molecule has 0 spiro atoms. The molecule has 0 aliphatic heterocycles. The number of halogens is 1. The molecule has 0 fully saturated rings. The summed E-state index contributed by atoms with van der Waals surface area (Å²) < 4.78 is 5.63. The largest absolute Gasteiger partial charge is 0.506 e. The second kappa shape index (κ2) is 10.1. The van der Waals surface area contributed by atoms with Crippen LogP contribution in [-0.4, -0.2) is 22.6 Å². The minimum absolute atomic E-state index is 0.0280. The average Bonchev–Trinajstić information content (AvgIpc) is 2.52. The van der Waals surface area contributed by atoms with Gasteiger partial charge in [0.1, 0.15) is 28.7 Å². The normalized spacial score (nSPS) is 11.3. The summed E-state index contributed by atoms with van der Waals surface area (Å²) in [4.78, 5) is 12.2. The van der Waals surface area contributed by atoms with E-state index in [2.05, 4.69) is 19.9 Å². The summed E-state index contributed by atoms with van der Waals surface area (Å²) in [5.74, 6) is -0.863. The van der Waals surface area contributed by atoms with Crippen molar-refractivity contribution in [3.8, 4) is 17.2 Å². The molecule has 0 aliphatic carbocycles. The molecular weight excluding hydrogens is 340 g/mol. The Labute approximate surface area is 154 Å². The van der Waals surface area contributed by atoms with E-state index in [0.29, 0.717) is 6.42 Å². The summed E-state index contributed by atoms with van der Waals surface area (Å²) in [5, 5.41) is 19.7. The SMILES string of the molecule is CCCC(=O)c1c(OCC=C(C)CCC=C(C)C)cc(O)c(Cl)c1O. The van der Waals surface area contributed by atoms with Gasteiger partial charge in [-0.3, -0.25) is 4.79 Å². The number of hydrogen-bond acceptors (Lipinski definition) is 4. The number of ketones is 1. The Kier molecular flexibility index (Phi) is 8.56. The van der Waals surface area contributed by atoms with E-state index in [0.717, 1.165) is 12.8 Å². The van der Waals surface area contributed by atoms with Gasteiger partial charge in [0.05, 0.1) is 0 Å². The van der Waals surface area contributed by atoms with Gasteiger partial charge >= 0.3 is 0 Å². The highest BCUT2D eigenvalue weighted by Gasteiger charge is 2.22. The Hall–Kier alpha value is -1.94. The van der Waals surface area contributed by atoms with E-state index >= 15 is 0 Å². The van der Waals surface area contributed by atoms with Crippen LogP contribution in [0.5, 0.6) is 17.2 Å². The van der Waals surface area contributed by atoms with Crippen LogP contribution in [0.25, 0.3) is 0 Å². The molecule has 25 heavy (non-hydrogen) atoms. The highest BCUT2D eigenvalue weighted by molar-refractivity contribution is 6.34. The molecule has 138 valence electrons. The van der Waals surface area contributed by atoms with Crippen LogP contribution in [-0.2, 0) is 0 Å². The van der Waals surface area contributed by atoms with Gasteiger partial charge in [0.25, 0.3) is 0 Å². The van der Waals surface area contributed by atoms with Gasteiger partial charge in [0.15, 0.2) is 11.5 Å². The van der Waals surface area contributed by atoms with Crippen LogP contribution in [0.4, 0.5) is 0 Å². The fraction of sp³-hybridized carbons (Fsp3) is 0.450. The van der Waals surface area contributed by atoms with Crippen molar-refractivity contribution in [1.29, 1.82) is 0 Å². The Morgan fingerprint density at radius 1 is 1.20 bits per heavy atom. The molecular formula is C20H27ClO4. The Morgan fingerprint density at radius 3 is 2.48 bits per heavy atom. The average molecular weight is 367 g/mol. The first-order chi connectivity index (χ1) is 11.8. The molecule has 0 aromatic heterocycles. The van der Waals surface area contributed by atoms with Crippen molar-refractivity contribution in [1.82, 2.24) is 0 Å². The van der Waals surface area contributed by atoms with Gasteiger partial charge in [-0.05, 0) is 46.1 Å². The van der Waals surface area contributed by atoms with E-state index < -0.39 is 5.75 Å². The van der Waals surface area contributed by atoms with Crippen molar-refractivity contribution in [2.24, 2.45) is 0 Å². The summed E-state index contributed by atoms with van der Waals surface area (Å²) in [6.07, 6.45) is 6.90. The number of phenolic OH excluding ortho intramolecular Hbond substituents is 2. The summed E-state index contributed by atoms with van der Waals surface area (Å²) in [7, 11) is 0. The number of phenols is 2. The topological polar surface area (TPSA) is 66.8 Å². The molecule has 0 unspecified atom stereocenters. The number of benzene rings is 1. The van der Waals surface area contributed by atoms with Crippen LogP contribution in [0.2, 0.25) is 5.02 Å². The standard InChI is InChI=1S/C20H27ClO4/c1-5-7-15(22)18-17(12-16(23)19(21)20(18)24)25-11-10-14(4)9-6-8-13(2)3/h8,10,12,23-24H,5-7,9,11H2,1-4H3. The fourth-order valence-electron chi connectivity index (χ4n) is 2.31. The molecule has 0 atom stereocenters. The molecule has 0 aliphatic rings. The highest BCUT2D eigenvalue weighted by atomic mass is 35.5. The quantitative estimate of drug-likeness (QED) is 0.427. The van der Waals surface area contributed by atoms with Gasteiger partial charge in [0, 0.05) is 12.5 Å². The van der Waals surface area contributed by atoms with E-state index in [1.807, 2.05) is 19.9 Å². The van der Waals surface area contributed by atoms with Crippen LogP contribution in [0.1, 0.15) is 63.7 Å². The number of carbonyl (C=O) groups is 1. The van der Waals surface area contributed by atoms with Crippen molar-refractivity contribution < 1.29 is 19.7 Å². The van der Waals surface area contributed by atoms with E-state index in [9.17, 15) is 15.0 Å². The molecule has 0 saturated carbocycles. The van der Waals surface area contributed by atoms with Gasteiger partial charge in [-0.2, -0.15) is 0 Å². The van der Waals surface area contributed by atoms with Crippen LogP contribution in [0.15, 0.2) is 29.4 Å². The predicted octanol–water partition coefficient (Wildman–Crippen LogP) is 5.81. The number of allylic oxidation sites excluding steroid dienone is 3. The molecule has 4 nitrogen and oxygen atoms in total. The Balaban J connectivity index is 2.90. The first-order valence-electron chi connectivity index (χ1n) is 8.47. The summed E-state index contributed by atoms with van der Waals surface area (Å²) in [6.45, 7) is 8.26. The molecule has 0 amide bonds. The van der Waals surface area contributed by atoms with Gasteiger partial charge in [-0.1, -0.05) is 35.7 Å². The first kappa shape index (κ1) is 21.1.